The molecular weight excluding hydrogens is 390 g/mol. The summed E-state index contributed by atoms with van der Waals surface area (Å²) in [7, 11) is 0. The second kappa shape index (κ2) is 9.21. The van der Waals surface area contributed by atoms with Crippen LogP contribution < -0.4 is 10.1 Å². The maximum atomic E-state index is 13.0. The van der Waals surface area contributed by atoms with Crippen molar-refractivity contribution < 1.29 is 19.1 Å². The van der Waals surface area contributed by atoms with Crippen molar-refractivity contribution in [1.29, 1.82) is 0 Å². The molecule has 2 atom stereocenters. The molecule has 160 valence electrons. The van der Waals surface area contributed by atoms with E-state index in [1.165, 1.54) is 0 Å². The second-order valence-corrected chi connectivity index (χ2v) is 7.82. The molecule has 2 aromatic rings. The topological polar surface area (TPSA) is 64.6 Å². The summed E-state index contributed by atoms with van der Waals surface area (Å²) in [5.41, 5.74) is 3.96. The van der Waals surface area contributed by atoms with E-state index in [4.69, 9.17) is 9.47 Å². The highest BCUT2D eigenvalue weighted by atomic mass is 16.5. The molecule has 0 saturated heterocycles. The number of carbonyl (C=O) groups is 2. The van der Waals surface area contributed by atoms with E-state index < -0.39 is 17.8 Å². The molecule has 31 heavy (non-hydrogen) atoms. The molecule has 0 fully saturated rings. The van der Waals surface area contributed by atoms with Gasteiger partial charge < -0.3 is 14.8 Å². The number of hydrogen-bond acceptors (Lipinski definition) is 5. The van der Waals surface area contributed by atoms with Crippen LogP contribution >= 0.6 is 0 Å². The molecule has 0 saturated carbocycles. The zero-order chi connectivity index (χ0) is 21.8. The largest absolute Gasteiger partial charge is 0.489 e. The quantitative estimate of drug-likeness (QED) is 0.693. The summed E-state index contributed by atoms with van der Waals surface area (Å²) >= 11 is 0. The van der Waals surface area contributed by atoms with Gasteiger partial charge in [0.05, 0.1) is 18.1 Å². The van der Waals surface area contributed by atoms with Gasteiger partial charge in [-0.3, -0.25) is 4.79 Å². The van der Waals surface area contributed by atoms with Crippen LogP contribution in [0.5, 0.6) is 5.75 Å². The molecule has 0 aromatic heterocycles. The third-order valence-corrected chi connectivity index (χ3v) is 5.80. The van der Waals surface area contributed by atoms with Crippen LogP contribution in [-0.4, -0.2) is 18.4 Å². The van der Waals surface area contributed by atoms with Crippen molar-refractivity contribution in [3.05, 3.63) is 88.8 Å². The van der Waals surface area contributed by atoms with Crippen molar-refractivity contribution in [2.24, 2.45) is 5.92 Å². The highest BCUT2D eigenvalue weighted by Crippen LogP contribution is 2.46. The van der Waals surface area contributed by atoms with Crippen LogP contribution in [0.1, 0.15) is 43.7 Å². The first-order valence-electron chi connectivity index (χ1n) is 10.7. The Morgan fingerprint density at radius 2 is 1.81 bits per heavy atom. The lowest BCUT2D eigenvalue weighted by Crippen LogP contribution is -2.41. The van der Waals surface area contributed by atoms with Gasteiger partial charge in [-0.1, -0.05) is 54.6 Å². The molecule has 2 aromatic carbocycles. The summed E-state index contributed by atoms with van der Waals surface area (Å²) in [6.45, 7) is 4.33. The fraction of sp³-hybridized carbons (Fsp3) is 0.308. The van der Waals surface area contributed by atoms with Gasteiger partial charge in [-0.2, -0.15) is 0 Å². The Labute approximate surface area is 182 Å². The molecule has 1 heterocycles. The van der Waals surface area contributed by atoms with E-state index in [9.17, 15) is 9.59 Å². The normalized spacial score (nSPS) is 20.5. The Bertz CT molecular complexity index is 1040. The van der Waals surface area contributed by atoms with Gasteiger partial charge in [0.15, 0.2) is 0 Å². The van der Waals surface area contributed by atoms with Crippen molar-refractivity contribution in [2.75, 3.05) is 6.61 Å². The molecule has 5 nitrogen and oxygen atoms in total. The fourth-order valence-corrected chi connectivity index (χ4v) is 4.43. The van der Waals surface area contributed by atoms with Crippen LogP contribution in [0.4, 0.5) is 0 Å². The van der Waals surface area contributed by atoms with Gasteiger partial charge in [0.2, 0.25) is 0 Å². The maximum absolute atomic E-state index is 13.0. The van der Waals surface area contributed by atoms with Gasteiger partial charge >= 0.3 is 5.97 Å². The molecule has 1 N–H and O–H groups in total. The van der Waals surface area contributed by atoms with Crippen molar-refractivity contribution in [2.45, 2.75) is 39.2 Å². The number of fused-ring (bicyclic) bond motifs is 1. The number of rotatable bonds is 6. The van der Waals surface area contributed by atoms with Crippen LogP contribution in [0.25, 0.3) is 0 Å². The summed E-state index contributed by atoms with van der Waals surface area (Å²) in [4.78, 5) is 26.0. The number of ketones is 1. The molecule has 2 aliphatic rings. The van der Waals surface area contributed by atoms with Gasteiger partial charge in [0.25, 0.3) is 0 Å². The minimum absolute atomic E-state index is 0.127. The Kier molecular flexibility index (Phi) is 6.21. The van der Waals surface area contributed by atoms with Crippen molar-refractivity contribution >= 4 is 11.8 Å². The second-order valence-electron chi connectivity index (χ2n) is 7.82. The number of nitrogens with one attached hydrogen (secondary N) is 1. The zero-order valence-electron chi connectivity index (χ0n) is 17.9. The summed E-state index contributed by atoms with van der Waals surface area (Å²) in [6, 6.07) is 17.6. The minimum atomic E-state index is -0.452. The lowest BCUT2D eigenvalue weighted by atomic mass is 9.71. The predicted octanol–water partition coefficient (Wildman–Crippen LogP) is 4.65. The number of benzene rings is 2. The SMILES string of the molecule is CCOC(=O)C1=C(C)NC2=CCCC(=O)C2C1c1ccccc1OCc1ccccc1. The molecule has 1 aliphatic carbocycles. The predicted molar refractivity (Wildman–Crippen MR) is 118 cm³/mol. The molecule has 0 bridgehead atoms. The average molecular weight is 418 g/mol. The van der Waals surface area contributed by atoms with E-state index in [2.05, 4.69) is 11.4 Å². The first-order valence-corrected chi connectivity index (χ1v) is 10.7. The Balaban J connectivity index is 1.78. The van der Waals surface area contributed by atoms with E-state index in [1.54, 1.807) is 6.92 Å². The van der Waals surface area contributed by atoms with E-state index in [-0.39, 0.29) is 12.4 Å². The van der Waals surface area contributed by atoms with Crippen LogP contribution in [-0.2, 0) is 20.9 Å². The number of Topliss-reactive ketones (excluding diaryl/α,β-unsaturated/α-hetero) is 1. The lowest BCUT2D eigenvalue weighted by molar-refractivity contribution is -0.139. The molecule has 5 heteroatoms. The minimum Gasteiger partial charge on any atom is -0.489 e. The van der Waals surface area contributed by atoms with Crippen LogP contribution in [0.2, 0.25) is 0 Å². The van der Waals surface area contributed by atoms with Crippen LogP contribution in [0.3, 0.4) is 0 Å². The van der Waals surface area contributed by atoms with Gasteiger partial charge in [-0.25, -0.2) is 4.79 Å². The third kappa shape index (κ3) is 4.26. The van der Waals surface area contributed by atoms with Crippen molar-refractivity contribution in [1.82, 2.24) is 5.32 Å². The fourth-order valence-electron chi connectivity index (χ4n) is 4.43. The molecule has 0 amide bonds. The highest BCUT2D eigenvalue weighted by Gasteiger charge is 2.44. The number of ether oxygens (including phenoxy) is 2. The van der Waals surface area contributed by atoms with Gasteiger partial charge in [0.1, 0.15) is 18.1 Å². The van der Waals surface area contributed by atoms with Crippen LogP contribution in [0.15, 0.2) is 77.6 Å². The van der Waals surface area contributed by atoms with E-state index in [0.29, 0.717) is 30.8 Å². The highest BCUT2D eigenvalue weighted by molar-refractivity contribution is 5.96. The smallest absolute Gasteiger partial charge is 0.336 e. The third-order valence-electron chi connectivity index (χ3n) is 5.80. The van der Waals surface area contributed by atoms with Crippen molar-refractivity contribution in [3.63, 3.8) is 0 Å². The van der Waals surface area contributed by atoms with Crippen molar-refractivity contribution in [3.8, 4) is 5.75 Å². The Morgan fingerprint density at radius 3 is 2.58 bits per heavy atom. The summed E-state index contributed by atoms with van der Waals surface area (Å²) in [5.74, 6) is -0.495. The monoisotopic (exact) mass is 417 g/mol. The summed E-state index contributed by atoms with van der Waals surface area (Å²) in [6.07, 6.45) is 3.24. The Hall–Kier alpha value is -3.34. The number of para-hydroxylation sites is 1. The standard InChI is InChI=1S/C26H27NO4/c1-3-30-26(29)23-17(2)27-20-13-9-14-21(28)25(20)24(23)19-12-7-8-15-22(19)31-16-18-10-5-4-6-11-18/h4-8,10-13,15,24-25,27H,3,9,14,16H2,1-2H3. The lowest BCUT2D eigenvalue weighted by Gasteiger charge is -2.38. The molecule has 0 radical (unpaired) electrons. The first-order chi connectivity index (χ1) is 15.1. The molecule has 4 rings (SSSR count). The van der Waals surface area contributed by atoms with Gasteiger partial charge in [-0.05, 0) is 31.9 Å². The molecule has 2 unspecified atom stereocenters. The molecular formula is C26H27NO4. The number of allylic oxidation sites excluding steroid dienone is 3. The average Bonchev–Trinajstić information content (AvgIpc) is 2.78. The number of esters is 1. The van der Waals surface area contributed by atoms with E-state index in [0.717, 1.165) is 22.5 Å². The summed E-state index contributed by atoms with van der Waals surface area (Å²) in [5, 5.41) is 3.29. The van der Waals surface area contributed by atoms with E-state index >= 15 is 0 Å². The van der Waals surface area contributed by atoms with Crippen LogP contribution in [0, 0.1) is 5.92 Å². The van der Waals surface area contributed by atoms with Gasteiger partial charge in [-0.15, -0.1) is 0 Å². The van der Waals surface area contributed by atoms with E-state index in [1.807, 2.05) is 61.5 Å². The number of carbonyl (C=O) groups excluding carboxylic acids is 2. The Morgan fingerprint density at radius 1 is 1.06 bits per heavy atom. The first kappa shape index (κ1) is 20.9. The molecule has 0 spiro atoms. The summed E-state index contributed by atoms with van der Waals surface area (Å²) < 4.78 is 11.6. The number of hydrogen-bond donors (Lipinski definition) is 1. The van der Waals surface area contributed by atoms with Gasteiger partial charge in [0, 0.05) is 29.3 Å². The molecule has 1 aliphatic heterocycles. The zero-order valence-corrected chi connectivity index (χ0v) is 17.9. The maximum Gasteiger partial charge on any atom is 0.336 e.